The van der Waals surface area contributed by atoms with Crippen molar-refractivity contribution in [3.8, 4) is 5.75 Å². The third-order valence-corrected chi connectivity index (χ3v) is 2.64. The minimum absolute atomic E-state index is 0.328. The number of hydrogen-bond donors (Lipinski definition) is 2. The van der Waals surface area contributed by atoms with Crippen LogP contribution in [0.25, 0.3) is 0 Å². The molecule has 1 unspecified atom stereocenters. The van der Waals surface area contributed by atoms with Gasteiger partial charge >= 0.3 is 0 Å². The Balaban J connectivity index is 2.85. The van der Waals surface area contributed by atoms with Gasteiger partial charge in [0.1, 0.15) is 5.75 Å². The Morgan fingerprint density at radius 2 is 2.29 bits per heavy atom. The average Bonchev–Trinajstić information content (AvgIpc) is 2.32. The van der Waals surface area contributed by atoms with E-state index in [0.29, 0.717) is 17.2 Å². The van der Waals surface area contributed by atoms with Crippen LogP contribution in [0.15, 0.2) is 18.2 Å². The predicted molar refractivity (Wildman–Crippen MR) is 67.8 cm³/mol. The van der Waals surface area contributed by atoms with Gasteiger partial charge in [-0.1, -0.05) is 31.0 Å². The molecule has 0 radical (unpaired) electrons. The van der Waals surface area contributed by atoms with Crippen molar-refractivity contribution in [2.75, 3.05) is 0 Å². The lowest BCUT2D eigenvalue weighted by Gasteiger charge is -2.18. The average molecular weight is 257 g/mol. The summed E-state index contributed by atoms with van der Waals surface area (Å²) in [5, 5.41) is 0.578. The molecule has 0 saturated heterocycles. The van der Waals surface area contributed by atoms with Crippen molar-refractivity contribution < 1.29 is 9.53 Å². The first-order valence-corrected chi connectivity index (χ1v) is 5.89. The summed E-state index contributed by atoms with van der Waals surface area (Å²) in [6, 6.07) is 5.33. The molecule has 0 aliphatic heterocycles. The molecule has 0 fully saturated rings. The lowest BCUT2D eigenvalue weighted by atomic mass is 10.2. The zero-order chi connectivity index (χ0) is 12.8. The van der Waals surface area contributed by atoms with Crippen molar-refractivity contribution in [1.29, 1.82) is 0 Å². The molecule has 0 bridgehead atoms. The van der Waals surface area contributed by atoms with E-state index in [2.05, 4.69) is 5.43 Å². The molecule has 1 amide bonds. The molecular weight excluding hydrogens is 240 g/mol. The summed E-state index contributed by atoms with van der Waals surface area (Å²) in [5.74, 6) is 5.40. The Kier molecular flexibility index (Phi) is 5.25. The molecule has 5 heteroatoms. The number of hydrazine groups is 1. The van der Waals surface area contributed by atoms with Crippen molar-refractivity contribution >= 4 is 17.5 Å². The van der Waals surface area contributed by atoms with Crippen LogP contribution in [-0.4, -0.2) is 12.0 Å². The fraction of sp³-hybridized carbons (Fsp3) is 0.417. The van der Waals surface area contributed by atoms with Gasteiger partial charge in [-0.2, -0.15) is 0 Å². The highest BCUT2D eigenvalue weighted by Gasteiger charge is 2.19. The molecule has 1 aromatic rings. The molecular formula is C12H17ClN2O2. The van der Waals surface area contributed by atoms with Crippen molar-refractivity contribution in [2.24, 2.45) is 5.84 Å². The number of carbonyl (C=O) groups excluding carboxylic acids is 1. The molecule has 0 saturated carbocycles. The van der Waals surface area contributed by atoms with Gasteiger partial charge in [0.05, 0.1) is 0 Å². The first kappa shape index (κ1) is 13.8. The number of benzene rings is 1. The number of carbonyl (C=O) groups is 1. The molecule has 3 N–H and O–H groups in total. The molecule has 1 rings (SSSR count). The summed E-state index contributed by atoms with van der Waals surface area (Å²) in [6.07, 6.45) is 0.856. The van der Waals surface area contributed by atoms with Gasteiger partial charge in [-0.25, -0.2) is 5.84 Å². The quantitative estimate of drug-likeness (QED) is 0.482. The van der Waals surface area contributed by atoms with Crippen LogP contribution in [0.5, 0.6) is 5.75 Å². The third-order valence-electron chi connectivity index (χ3n) is 2.40. The van der Waals surface area contributed by atoms with Gasteiger partial charge in [-0.05, 0) is 31.0 Å². The van der Waals surface area contributed by atoms with Crippen LogP contribution in [0.4, 0.5) is 0 Å². The van der Waals surface area contributed by atoms with E-state index in [9.17, 15) is 4.79 Å². The molecule has 0 heterocycles. The standard InChI is InChI=1S/C12H17ClN2O2/c1-3-4-10(12(16)15-14)17-11-7-9(13)6-5-8(11)2/h5-7,10H,3-4,14H2,1-2H3,(H,15,16). The highest BCUT2D eigenvalue weighted by atomic mass is 35.5. The van der Waals surface area contributed by atoms with Gasteiger partial charge in [-0.3, -0.25) is 10.2 Å². The summed E-state index contributed by atoms with van der Waals surface area (Å²) in [5.41, 5.74) is 3.04. The van der Waals surface area contributed by atoms with Crippen LogP contribution < -0.4 is 16.0 Å². The van der Waals surface area contributed by atoms with E-state index in [1.165, 1.54) is 0 Å². The molecule has 1 aromatic carbocycles. The lowest BCUT2D eigenvalue weighted by molar-refractivity contribution is -0.128. The highest BCUT2D eigenvalue weighted by molar-refractivity contribution is 6.30. The first-order chi connectivity index (χ1) is 8.08. The first-order valence-electron chi connectivity index (χ1n) is 5.51. The van der Waals surface area contributed by atoms with E-state index in [4.69, 9.17) is 22.2 Å². The zero-order valence-electron chi connectivity index (χ0n) is 10.00. The van der Waals surface area contributed by atoms with Gasteiger partial charge in [0.15, 0.2) is 6.10 Å². The van der Waals surface area contributed by atoms with E-state index in [1.807, 2.05) is 19.9 Å². The maximum Gasteiger partial charge on any atom is 0.274 e. The number of aryl methyl sites for hydroxylation is 1. The molecule has 0 aliphatic rings. The van der Waals surface area contributed by atoms with Crippen LogP contribution in [-0.2, 0) is 4.79 Å². The molecule has 1 atom stereocenters. The summed E-state index contributed by atoms with van der Waals surface area (Å²) in [6.45, 7) is 3.88. The van der Waals surface area contributed by atoms with Gasteiger partial charge in [0.2, 0.25) is 0 Å². The maximum atomic E-state index is 11.5. The maximum absolute atomic E-state index is 11.5. The number of ether oxygens (including phenoxy) is 1. The topological polar surface area (TPSA) is 64.3 Å². The van der Waals surface area contributed by atoms with Crippen LogP contribution in [0.2, 0.25) is 5.02 Å². The third kappa shape index (κ3) is 3.91. The van der Waals surface area contributed by atoms with Crippen LogP contribution >= 0.6 is 11.6 Å². The fourth-order valence-electron chi connectivity index (χ4n) is 1.45. The van der Waals surface area contributed by atoms with Crippen LogP contribution in [0.1, 0.15) is 25.3 Å². The Morgan fingerprint density at radius 1 is 1.59 bits per heavy atom. The molecule has 94 valence electrons. The number of nitrogens with two attached hydrogens (primary N) is 1. The molecule has 17 heavy (non-hydrogen) atoms. The van der Waals surface area contributed by atoms with Gasteiger partial charge in [0.25, 0.3) is 5.91 Å². The molecule has 4 nitrogen and oxygen atoms in total. The van der Waals surface area contributed by atoms with E-state index < -0.39 is 6.10 Å². The lowest BCUT2D eigenvalue weighted by Crippen LogP contribution is -2.42. The van der Waals surface area contributed by atoms with E-state index >= 15 is 0 Å². The van der Waals surface area contributed by atoms with E-state index in [0.717, 1.165) is 12.0 Å². The predicted octanol–water partition coefficient (Wildman–Crippen LogP) is 2.19. The van der Waals surface area contributed by atoms with Crippen LogP contribution in [0.3, 0.4) is 0 Å². The highest BCUT2D eigenvalue weighted by Crippen LogP contribution is 2.24. The van der Waals surface area contributed by atoms with Crippen molar-refractivity contribution in [3.63, 3.8) is 0 Å². The van der Waals surface area contributed by atoms with Gasteiger partial charge < -0.3 is 4.74 Å². The van der Waals surface area contributed by atoms with Crippen molar-refractivity contribution in [3.05, 3.63) is 28.8 Å². The minimum atomic E-state index is -0.581. The monoisotopic (exact) mass is 256 g/mol. The number of halogens is 1. The molecule has 0 spiro atoms. The SMILES string of the molecule is CCCC(Oc1cc(Cl)ccc1C)C(=O)NN. The smallest absolute Gasteiger partial charge is 0.274 e. The normalized spacial score (nSPS) is 12.0. The molecule has 0 aromatic heterocycles. The Morgan fingerprint density at radius 3 is 2.88 bits per heavy atom. The van der Waals surface area contributed by atoms with Crippen molar-refractivity contribution in [1.82, 2.24) is 5.43 Å². The van der Waals surface area contributed by atoms with E-state index in [1.54, 1.807) is 12.1 Å². The Labute approximate surface area is 106 Å². The largest absolute Gasteiger partial charge is 0.480 e. The summed E-state index contributed by atoms with van der Waals surface area (Å²) in [4.78, 5) is 11.5. The second-order valence-corrected chi connectivity index (χ2v) is 4.25. The van der Waals surface area contributed by atoms with E-state index in [-0.39, 0.29) is 5.91 Å². The van der Waals surface area contributed by atoms with Crippen molar-refractivity contribution in [2.45, 2.75) is 32.8 Å². The Hall–Kier alpha value is -1.26. The number of rotatable bonds is 5. The molecule has 0 aliphatic carbocycles. The number of amides is 1. The summed E-state index contributed by atoms with van der Waals surface area (Å²) >= 11 is 5.89. The Bertz CT molecular complexity index is 396. The van der Waals surface area contributed by atoms with Gasteiger partial charge in [-0.15, -0.1) is 0 Å². The fourth-order valence-corrected chi connectivity index (χ4v) is 1.61. The zero-order valence-corrected chi connectivity index (χ0v) is 10.8. The second kappa shape index (κ2) is 6.47. The summed E-state index contributed by atoms with van der Waals surface area (Å²) < 4.78 is 5.64. The van der Waals surface area contributed by atoms with Gasteiger partial charge in [0, 0.05) is 5.02 Å². The number of nitrogens with one attached hydrogen (secondary N) is 1. The minimum Gasteiger partial charge on any atom is -0.480 e. The second-order valence-electron chi connectivity index (χ2n) is 3.81. The van der Waals surface area contributed by atoms with Crippen LogP contribution in [0, 0.1) is 6.92 Å². The number of hydrogen-bond acceptors (Lipinski definition) is 3. The summed E-state index contributed by atoms with van der Waals surface area (Å²) in [7, 11) is 0.